The number of hydrogen-bond acceptors (Lipinski definition) is 4. The van der Waals surface area contributed by atoms with Crippen LogP contribution in [0.5, 0.6) is 0 Å². The van der Waals surface area contributed by atoms with Gasteiger partial charge in [0.1, 0.15) is 5.69 Å². The molecule has 2 aromatic rings. The zero-order valence-electron chi connectivity index (χ0n) is 8.52. The maximum atomic E-state index is 11.2. The lowest BCUT2D eigenvalue weighted by atomic mass is 10.3. The van der Waals surface area contributed by atoms with Gasteiger partial charge in [-0.25, -0.2) is 4.79 Å². The minimum Gasteiger partial charge on any atom is -0.464 e. The zero-order chi connectivity index (χ0) is 11.5. The van der Waals surface area contributed by atoms with Crippen molar-refractivity contribution in [2.24, 2.45) is 0 Å². The number of aldehydes is 1. The number of methoxy groups -OCH3 is 1. The molecule has 0 saturated carbocycles. The van der Waals surface area contributed by atoms with Crippen molar-refractivity contribution in [3.8, 4) is 10.6 Å². The third-order valence-corrected chi connectivity index (χ3v) is 3.14. The van der Waals surface area contributed by atoms with E-state index in [1.807, 2.05) is 6.07 Å². The fourth-order valence-corrected chi connectivity index (χ4v) is 2.13. The fourth-order valence-electron chi connectivity index (χ4n) is 1.33. The molecular formula is C11H9NO3S. The summed E-state index contributed by atoms with van der Waals surface area (Å²) in [7, 11) is 1.33. The van der Waals surface area contributed by atoms with Gasteiger partial charge in [0.2, 0.25) is 0 Å². The number of nitrogens with one attached hydrogen (secondary N) is 1. The van der Waals surface area contributed by atoms with Gasteiger partial charge in [-0.1, -0.05) is 0 Å². The molecule has 0 aromatic carbocycles. The number of aromatic nitrogens is 1. The Balaban J connectivity index is 2.31. The number of carbonyl (C=O) groups excluding carboxylic acids is 2. The first kappa shape index (κ1) is 10.6. The molecule has 0 bridgehead atoms. The molecule has 0 unspecified atom stereocenters. The number of esters is 1. The first-order valence-corrected chi connectivity index (χ1v) is 5.39. The predicted octanol–water partition coefficient (Wildman–Crippen LogP) is 2.34. The topological polar surface area (TPSA) is 59.2 Å². The minimum atomic E-state index is -0.404. The van der Waals surface area contributed by atoms with Crippen LogP contribution in [0.25, 0.3) is 10.6 Å². The second-order valence-electron chi connectivity index (χ2n) is 3.10. The summed E-state index contributed by atoms with van der Waals surface area (Å²) in [4.78, 5) is 26.3. The van der Waals surface area contributed by atoms with Crippen LogP contribution in [0, 0.1) is 0 Å². The van der Waals surface area contributed by atoms with Crippen molar-refractivity contribution in [1.29, 1.82) is 0 Å². The summed E-state index contributed by atoms with van der Waals surface area (Å²) in [6, 6.07) is 7.01. The van der Waals surface area contributed by atoms with Crippen LogP contribution < -0.4 is 0 Å². The molecule has 4 nitrogen and oxygen atoms in total. The highest BCUT2D eigenvalue weighted by Crippen LogP contribution is 2.26. The first-order chi connectivity index (χ1) is 7.74. The number of carbonyl (C=O) groups is 2. The second-order valence-corrected chi connectivity index (χ2v) is 4.21. The van der Waals surface area contributed by atoms with E-state index in [1.54, 1.807) is 18.2 Å². The number of rotatable bonds is 3. The molecule has 0 fully saturated rings. The van der Waals surface area contributed by atoms with Crippen molar-refractivity contribution in [2.75, 3.05) is 7.11 Å². The molecule has 0 saturated heterocycles. The highest BCUT2D eigenvalue weighted by molar-refractivity contribution is 7.17. The van der Waals surface area contributed by atoms with Gasteiger partial charge in [0.25, 0.3) is 0 Å². The summed E-state index contributed by atoms with van der Waals surface area (Å²) in [6.07, 6.45) is 0.804. The number of H-pyrrole nitrogens is 1. The van der Waals surface area contributed by atoms with E-state index in [-0.39, 0.29) is 0 Å². The van der Waals surface area contributed by atoms with E-state index in [0.717, 1.165) is 16.9 Å². The average molecular weight is 235 g/mol. The molecule has 5 heteroatoms. The lowest BCUT2D eigenvalue weighted by molar-refractivity contribution is 0.0595. The van der Waals surface area contributed by atoms with Crippen LogP contribution in [-0.4, -0.2) is 24.3 Å². The zero-order valence-corrected chi connectivity index (χ0v) is 9.34. The molecule has 0 aliphatic heterocycles. The van der Waals surface area contributed by atoms with Gasteiger partial charge in [-0.15, -0.1) is 11.3 Å². The summed E-state index contributed by atoms with van der Waals surface area (Å²) in [5, 5.41) is 0. The summed E-state index contributed by atoms with van der Waals surface area (Å²) in [5.41, 5.74) is 1.21. The Kier molecular flexibility index (Phi) is 2.87. The van der Waals surface area contributed by atoms with Gasteiger partial charge >= 0.3 is 5.97 Å². The van der Waals surface area contributed by atoms with E-state index in [4.69, 9.17) is 0 Å². The number of ether oxygens (including phenoxy) is 1. The Morgan fingerprint density at radius 2 is 2.19 bits per heavy atom. The third kappa shape index (κ3) is 1.90. The summed E-state index contributed by atoms with van der Waals surface area (Å²) >= 11 is 1.37. The second kappa shape index (κ2) is 4.32. The van der Waals surface area contributed by atoms with Gasteiger partial charge in [0.15, 0.2) is 6.29 Å². The molecule has 2 rings (SSSR count). The Bertz CT molecular complexity index is 527. The highest BCUT2D eigenvalue weighted by atomic mass is 32.1. The molecule has 0 radical (unpaired) electrons. The van der Waals surface area contributed by atoms with Crippen molar-refractivity contribution in [1.82, 2.24) is 4.98 Å². The van der Waals surface area contributed by atoms with E-state index in [2.05, 4.69) is 9.72 Å². The molecule has 1 N–H and O–H groups in total. The maximum absolute atomic E-state index is 11.2. The van der Waals surface area contributed by atoms with Crippen molar-refractivity contribution in [3.05, 3.63) is 34.8 Å². The Labute approximate surface area is 95.9 Å². The largest absolute Gasteiger partial charge is 0.464 e. The van der Waals surface area contributed by atoms with Crippen LogP contribution in [0.15, 0.2) is 24.3 Å². The third-order valence-electron chi connectivity index (χ3n) is 2.10. The van der Waals surface area contributed by atoms with Gasteiger partial charge in [-0.2, -0.15) is 0 Å². The van der Waals surface area contributed by atoms with Crippen molar-refractivity contribution in [3.63, 3.8) is 0 Å². The molecule has 0 atom stereocenters. The Hall–Kier alpha value is -1.88. The van der Waals surface area contributed by atoms with Gasteiger partial charge in [-0.05, 0) is 24.3 Å². The highest BCUT2D eigenvalue weighted by Gasteiger charge is 2.10. The van der Waals surface area contributed by atoms with Crippen LogP contribution in [0.4, 0.5) is 0 Å². The monoisotopic (exact) mass is 235 g/mol. The molecule has 2 heterocycles. The molecule has 82 valence electrons. The maximum Gasteiger partial charge on any atom is 0.354 e. The van der Waals surface area contributed by atoms with Crippen LogP contribution in [-0.2, 0) is 4.74 Å². The molecule has 0 amide bonds. The van der Waals surface area contributed by atoms with Gasteiger partial charge in [-0.3, -0.25) is 4.79 Å². The van der Waals surface area contributed by atoms with E-state index < -0.39 is 5.97 Å². The minimum absolute atomic E-state index is 0.401. The van der Waals surface area contributed by atoms with E-state index in [9.17, 15) is 9.59 Å². The van der Waals surface area contributed by atoms with Crippen LogP contribution >= 0.6 is 11.3 Å². The quantitative estimate of drug-likeness (QED) is 0.656. The van der Waals surface area contributed by atoms with Crippen molar-refractivity contribution < 1.29 is 14.3 Å². The molecule has 16 heavy (non-hydrogen) atoms. The fraction of sp³-hybridized carbons (Fsp3) is 0.0909. The molecule has 0 aliphatic carbocycles. The van der Waals surface area contributed by atoms with Crippen molar-refractivity contribution >= 4 is 23.6 Å². The van der Waals surface area contributed by atoms with Gasteiger partial charge in [0.05, 0.1) is 22.6 Å². The molecule has 0 spiro atoms. The lowest BCUT2D eigenvalue weighted by Gasteiger charge is -1.94. The SMILES string of the molecule is COC(=O)c1ccc(-c2ccc(C=O)s2)[nH]1. The average Bonchev–Trinajstić information content (AvgIpc) is 2.95. The Morgan fingerprint density at radius 3 is 2.81 bits per heavy atom. The van der Waals surface area contributed by atoms with Gasteiger partial charge < -0.3 is 9.72 Å². The number of thiophene rings is 1. The van der Waals surface area contributed by atoms with Gasteiger partial charge in [0, 0.05) is 0 Å². The van der Waals surface area contributed by atoms with Crippen LogP contribution in [0.1, 0.15) is 20.2 Å². The normalized spacial score (nSPS) is 10.1. The number of hydrogen-bond donors (Lipinski definition) is 1. The lowest BCUT2D eigenvalue weighted by Crippen LogP contribution is -2.00. The van der Waals surface area contributed by atoms with Crippen LogP contribution in [0.2, 0.25) is 0 Å². The smallest absolute Gasteiger partial charge is 0.354 e. The van der Waals surface area contributed by atoms with E-state index >= 15 is 0 Å². The van der Waals surface area contributed by atoms with E-state index in [1.165, 1.54) is 18.4 Å². The molecule has 2 aromatic heterocycles. The predicted molar refractivity (Wildman–Crippen MR) is 60.8 cm³/mol. The molecular weight excluding hydrogens is 226 g/mol. The summed E-state index contributed by atoms with van der Waals surface area (Å²) in [5.74, 6) is -0.404. The molecule has 0 aliphatic rings. The van der Waals surface area contributed by atoms with Crippen molar-refractivity contribution in [2.45, 2.75) is 0 Å². The first-order valence-electron chi connectivity index (χ1n) is 4.57. The Morgan fingerprint density at radius 1 is 1.38 bits per heavy atom. The summed E-state index contributed by atoms with van der Waals surface area (Å²) < 4.78 is 4.59. The number of aromatic amines is 1. The van der Waals surface area contributed by atoms with Crippen LogP contribution in [0.3, 0.4) is 0 Å². The van der Waals surface area contributed by atoms with E-state index in [0.29, 0.717) is 10.6 Å². The standard InChI is InChI=1S/C11H9NO3S/c1-15-11(14)9-4-3-8(12-9)10-5-2-7(6-13)16-10/h2-6,12H,1H3. The summed E-state index contributed by atoms with van der Waals surface area (Å²) in [6.45, 7) is 0.